The molecule has 5 rings (SSSR count). The van der Waals surface area contributed by atoms with Crippen LogP contribution in [0, 0.1) is 17.8 Å². The third kappa shape index (κ3) is 4.92. The fraction of sp³-hybridized carbons (Fsp3) is 0.375. The van der Waals surface area contributed by atoms with Gasteiger partial charge in [0.05, 0.1) is 11.9 Å². The number of hydrogen-bond donors (Lipinski definition) is 1. The zero-order valence-electron chi connectivity index (χ0n) is 20.5. The van der Waals surface area contributed by atoms with E-state index in [-0.39, 0.29) is 6.04 Å². The van der Waals surface area contributed by atoms with Gasteiger partial charge in [0.25, 0.3) is 0 Å². The van der Waals surface area contributed by atoms with E-state index in [0.29, 0.717) is 0 Å². The van der Waals surface area contributed by atoms with Gasteiger partial charge in [-0.15, -0.1) is 0 Å². The molecule has 0 amide bonds. The maximum Gasteiger partial charge on any atom is 0.0946 e. The minimum atomic E-state index is 0.231. The van der Waals surface area contributed by atoms with E-state index in [0.717, 1.165) is 43.1 Å². The Morgan fingerprint density at radius 3 is 2.35 bits per heavy atom. The van der Waals surface area contributed by atoms with E-state index >= 15 is 0 Å². The smallest absolute Gasteiger partial charge is 0.0946 e. The van der Waals surface area contributed by atoms with Crippen molar-refractivity contribution in [1.82, 2.24) is 10.2 Å². The molecule has 1 fully saturated rings. The van der Waals surface area contributed by atoms with Crippen molar-refractivity contribution in [2.75, 3.05) is 13.1 Å². The van der Waals surface area contributed by atoms with Crippen molar-refractivity contribution in [2.24, 2.45) is 17.8 Å². The molecule has 1 aliphatic heterocycles. The molecule has 0 saturated heterocycles. The van der Waals surface area contributed by atoms with Crippen LogP contribution in [0.15, 0.2) is 97.3 Å². The highest BCUT2D eigenvalue weighted by atomic mass is 15.3. The predicted octanol–water partition coefficient (Wildman–Crippen LogP) is 6.99. The number of rotatable bonds is 10. The van der Waals surface area contributed by atoms with Gasteiger partial charge in [0.1, 0.15) is 0 Å². The summed E-state index contributed by atoms with van der Waals surface area (Å²) in [6, 6.07) is 31.0. The van der Waals surface area contributed by atoms with Crippen molar-refractivity contribution in [3.8, 4) is 0 Å². The van der Waals surface area contributed by atoms with E-state index in [1.807, 2.05) is 0 Å². The minimum absolute atomic E-state index is 0.231. The van der Waals surface area contributed by atoms with Gasteiger partial charge in [-0.2, -0.15) is 0 Å². The highest BCUT2D eigenvalue weighted by Crippen LogP contribution is 2.51. The molecule has 0 radical (unpaired) electrons. The van der Waals surface area contributed by atoms with Gasteiger partial charge in [0.2, 0.25) is 0 Å². The molecular weight excluding hydrogens is 412 g/mol. The summed E-state index contributed by atoms with van der Waals surface area (Å²) in [7, 11) is 0. The Kier molecular flexibility index (Phi) is 7.04. The molecule has 2 heteroatoms. The molecule has 1 N–H and O–H groups in total. The van der Waals surface area contributed by atoms with Gasteiger partial charge in [-0.1, -0.05) is 105 Å². The topological polar surface area (TPSA) is 15.3 Å². The van der Waals surface area contributed by atoms with Crippen molar-refractivity contribution in [3.63, 3.8) is 0 Å². The van der Waals surface area contributed by atoms with E-state index in [2.05, 4.69) is 109 Å². The third-order valence-electron chi connectivity index (χ3n) is 8.11. The van der Waals surface area contributed by atoms with Crippen LogP contribution in [0.5, 0.6) is 0 Å². The van der Waals surface area contributed by atoms with Gasteiger partial charge in [-0.3, -0.25) is 0 Å². The number of nitrogens with zero attached hydrogens (tertiary/aromatic N) is 1. The molecule has 3 aromatic carbocycles. The molecule has 1 heterocycles. The number of benzene rings is 3. The first-order valence-electron chi connectivity index (χ1n) is 13.1. The summed E-state index contributed by atoms with van der Waals surface area (Å²) in [5.74, 6) is 3.59. The lowest BCUT2D eigenvalue weighted by Crippen LogP contribution is -2.40. The van der Waals surface area contributed by atoms with E-state index in [1.54, 1.807) is 0 Å². The highest BCUT2D eigenvalue weighted by Gasteiger charge is 2.47. The molecule has 0 spiro atoms. The lowest BCUT2D eigenvalue weighted by Gasteiger charge is -2.40. The standard InChI is InChI=1S/C32H38N2/c1-3-28-30(20-12-15-25-13-6-4-7-14-25)31(28)23-33-24(2)34-22-21-26-16-10-11-19-29(26)32(34)27-17-8-5-9-18-27/h4-11,13-14,16-19,28,30-33H,2-3,12,15,20-23H2,1H3. The maximum absolute atomic E-state index is 4.52. The van der Waals surface area contributed by atoms with Crippen LogP contribution >= 0.6 is 0 Å². The van der Waals surface area contributed by atoms with Crippen LogP contribution in [0.1, 0.15) is 54.5 Å². The SMILES string of the molecule is C=C(NCC1C(CC)C1CCCc1ccccc1)N1CCc2ccccc2C1c1ccccc1. The fourth-order valence-corrected chi connectivity index (χ4v) is 6.24. The van der Waals surface area contributed by atoms with Gasteiger partial charge in [-0.25, -0.2) is 0 Å². The molecule has 34 heavy (non-hydrogen) atoms. The number of fused-ring (bicyclic) bond motifs is 1. The Bertz CT molecular complexity index is 1070. The Labute approximate surface area is 205 Å². The third-order valence-corrected chi connectivity index (χ3v) is 8.11. The minimum Gasteiger partial charge on any atom is -0.372 e. The molecule has 0 aromatic heterocycles. The Morgan fingerprint density at radius 2 is 1.59 bits per heavy atom. The van der Waals surface area contributed by atoms with Crippen molar-refractivity contribution in [2.45, 2.75) is 45.1 Å². The van der Waals surface area contributed by atoms with Crippen molar-refractivity contribution in [1.29, 1.82) is 0 Å². The highest BCUT2D eigenvalue weighted by molar-refractivity contribution is 5.40. The van der Waals surface area contributed by atoms with E-state index in [4.69, 9.17) is 0 Å². The van der Waals surface area contributed by atoms with Crippen molar-refractivity contribution >= 4 is 0 Å². The molecule has 1 aliphatic carbocycles. The van der Waals surface area contributed by atoms with Crippen LogP contribution < -0.4 is 5.32 Å². The summed E-state index contributed by atoms with van der Waals surface area (Å²) in [6.07, 6.45) is 6.20. The van der Waals surface area contributed by atoms with Gasteiger partial charge in [-0.05, 0) is 65.7 Å². The average molecular weight is 451 g/mol. The van der Waals surface area contributed by atoms with Gasteiger partial charge < -0.3 is 10.2 Å². The molecule has 4 atom stereocenters. The molecule has 0 bridgehead atoms. The van der Waals surface area contributed by atoms with Crippen LogP contribution in [0.4, 0.5) is 0 Å². The lowest BCUT2D eigenvalue weighted by molar-refractivity contribution is 0.255. The molecule has 176 valence electrons. The Morgan fingerprint density at radius 1 is 0.882 bits per heavy atom. The second-order valence-corrected chi connectivity index (χ2v) is 10.1. The largest absolute Gasteiger partial charge is 0.372 e. The van der Waals surface area contributed by atoms with Crippen LogP contribution in [-0.4, -0.2) is 18.0 Å². The summed E-state index contributed by atoms with van der Waals surface area (Å²) >= 11 is 0. The summed E-state index contributed by atoms with van der Waals surface area (Å²) in [4.78, 5) is 2.49. The number of aryl methyl sites for hydroxylation is 1. The van der Waals surface area contributed by atoms with Crippen molar-refractivity contribution in [3.05, 3.63) is 120 Å². The number of nitrogens with one attached hydrogen (secondary N) is 1. The fourth-order valence-electron chi connectivity index (χ4n) is 6.24. The van der Waals surface area contributed by atoms with Crippen LogP contribution in [0.25, 0.3) is 0 Å². The van der Waals surface area contributed by atoms with Gasteiger partial charge in [0, 0.05) is 13.1 Å². The summed E-state index contributed by atoms with van der Waals surface area (Å²) in [5.41, 5.74) is 5.69. The molecular formula is C32H38N2. The summed E-state index contributed by atoms with van der Waals surface area (Å²) in [5, 5.41) is 3.78. The van der Waals surface area contributed by atoms with Crippen LogP contribution in [0.3, 0.4) is 0 Å². The maximum atomic E-state index is 4.52. The Hall–Kier alpha value is -3.00. The monoisotopic (exact) mass is 450 g/mol. The van der Waals surface area contributed by atoms with E-state index in [9.17, 15) is 0 Å². The molecule has 3 aromatic rings. The molecule has 4 unspecified atom stereocenters. The lowest BCUT2D eigenvalue weighted by atomic mass is 9.88. The van der Waals surface area contributed by atoms with E-state index in [1.165, 1.54) is 47.9 Å². The Balaban J connectivity index is 1.20. The summed E-state index contributed by atoms with van der Waals surface area (Å²) < 4.78 is 0. The van der Waals surface area contributed by atoms with Gasteiger partial charge >= 0.3 is 0 Å². The zero-order chi connectivity index (χ0) is 23.3. The van der Waals surface area contributed by atoms with Crippen molar-refractivity contribution < 1.29 is 0 Å². The second-order valence-electron chi connectivity index (χ2n) is 10.1. The average Bonchev–Trinajstić information content (AvgIpc) is 3.58. The first kappa shape index (κ1) is 22.8. The summed E-state index contributed by atoms with van der Waals surface area (Å²) in [6.45, 7) is 8.93. The van der Waals surface area contributed by atoms with Crippen LogP contribution in [-0.2, 0) is 12.8 Å². The van der Waals surface area contributed by atoms with Gasteiger partial charge in [0.15, 0.2) is 0 Å². The normalized spacial score (nSPS) is 23.3. The molecule has 1 saturated carbocycles. The first-order chi connectivity index (χ1) is 16.8. The molecule has 2 nitrogen and oxygen atoms in total. The zero-order valence-corrected chi connectivity index (χ0v) is 20.5. The predicted molar refractivity (Wildman–Crippen MR) is 142 cm³/mol. The quantitative estimate of drug-likeness (QED) is 0.358. The second kappa shape index (κ2) is 10.5. The van der Waals surface area contributed by atoms with Crippen LogP contribution in [0.2, 0.25) is 0 Å². The number of hydrogen-bond acceptors (Lipinski definition) is 2. The first-order valence-corrected chi connectivity index (χ1v) is 13.1. The molecule has 2 aliphatic rings. The van der Waals surface area contributed by atoms with E-state index < -0.39 is 0 Å².